The summed E-state index contributed by atoms with van der Waals surface area (Å²) in [6, 6.07) is 18.6. The maximum atomic E-state index is 14.4. The molecule has 0 bridgehead atoms. The number of nitrogens with one attached hydrogen (secondary N) is 1. The van der Waals surface area contributed by atoms with Crippen LogP contribution in [0.3, 0.4) is 0 Å². The Labute approximate surface area is 200 Å². The lowest BCUT2D eigenvalue weighted by Crippen LogP contribution is -2.51. The van der Waals surface area contributed by atoms with E-state index in [4.69, 9.17) is 11.6 Å². The van der Waals surface area contributed by atoms with Crippen molar-refractivity contribution in [1.29, 1.82) is 0 Å². The zero-order chi connectivity index (χ0) is 23.2. The van der Waals surface area contributed by atoms with E-state index in [2.05, 4.69) is 5.32 Å². The molecule has 168 valence electrons. The van der Waals surface area contributed by atoms with Crippen molar-refractivity contribution in [1.82, 2.24) is 4.90 Å². The van der Waals surface area contributed by atoms with Crippen LogP contribution in [0.5, 0.6) is 0 Å². The molecule has 1 spiro atoms. The maximum absolute atomic E-state index is 14.4. The minimum Gasteiger partial charge on any atom is -0.308 e. The normalized spacial score (nSPS) is 19.3. The van der Waals surface area contributed by atoms with Crippen LogP contribution >= 0.6 is 23.4 Å². The summed E-state index contributed by atoms with van der Waals surface area (Å²) in [5.41, 5.74) is 3.76. The number of rotatable bonds is 3. The van der Waals surface area contributed by atoms with Crippen LogP contribution in [0.2, 0.25) is 5.02 Å². The van der Waals surface area contributed by atoms with Crippen molar-refractivity contribution >= 4 is 46.7 Å². The van der Waals surface area contributed by atoms with E-state index in [0.717, 1.165) is 11.1 Å². The summed E-state index contributed by atoms with van der Waals surface area (Å²) in [7, 11) is 0. The Kier molecular flexibility index (Phi) is 5.54. The summed E-state index contributed by atoms with van der Waals surface area (Å²) in [5, 5.41) is 3.41. The first-order chi connectivity index (χ1) is 15.9. The highest BCUT2D eigenvalue weighted by molar-refractivity contribution is 8.01. The SMILES string of the molecule is Cc1cccc(CN2C(=O)C3(SCCN3C(=O)Nc3ccc(Cl)cc3)c3cc(F)ccc32)c1. The van der Waals surface area contributed by atoms with Crippen molar-refractivity contribution in [3.05, 3.63) is 94.3 Å². The van der Waals surface area contributed by atoms with Crippen LogP contribution in [-0.2, 0) is 16.2 Å². The predicted molar refractivity (Wildman–Crippen MR) is 130 cm³/mol. The average Bonchev–Trinajstić information content (AvgIpc) is 3.33. The fraction of sp³-hybridized carbons (Fsp3) is 0.200. The second kappa shape index (κ2) is 8.39. The predicted octanol–water partition coefficient (Wildman–Crippen LogP) is 5.77. The van der Waals surface area contributed by atoms with Crippen molar-refractivity contribution in [2.45, 2.75) is 18.3 Å². The summed E-state index contributed by atoms with van der Waals surface area (Å²) >= 11 is 7.31. The Morgan fingerprint density at radius 2 is 1.94 bits per heavy atom. The van der Waals surface area contributed by atoms with Gasteiger partial charge < -0.3 is 10.2 Å². The molecule has 33 heavy (non-hydrogen) atoms. The highest BCUT2D eigenvalue weighted by atomic mass is 35.5. The number of hydrogen-bond acceptors (Lipinski definition) is 3. The molecule has 2 aliphatic heterocycles. The number of thioether (sulfide) groups is 1. The number of hydrogen-bond donors (Lipinski definition) is 1. The lowest BCUT2D eigenvalue weighted by Gasteiger charge is -2.33. The van der Waals surface area contributed by atoms with Gasteiger partial charge in [-0.25, -0.2) is 9.18 Å². The molecule has 0 radical (unpaired) electrons. The van der Waals surface area contributed by atoms with Crippen LogP contribution < -0.4 is 10.2 Å². The van der Waals surface area contributed by atoms with Crippen LogP contribution in [0.1, 0.15) is 16.7 Å². The van der Waals surface area contributed by atoms with Crippen LogP contribution in [-0.4, -0.2) is 29.1 Å². The van der Waals surface area contributed by atoms with Gasteiger partial charge in [0.05, 0.1) is 12.2 Å². The summed E-state index contributed by atoms with van der Waals surface area (Å²) < 4.78 is 14.4. The molecule has 5 rings (SSSR count). The molecular formula is C25H21ClFN3O2S. The number of fused-ring (bicyclic) bond motifs is 2. The van der Waals surface area contributed by atoms with E-state index in [-0.39, 0.29) is 5.91 Å². The summed E-state index contributed by atoms with van der Waals surface area (Å²) in [6.07, 6.45) is 0. The molecule has 2 aliphatic rings. The summed E-state index contributed by atoms with van der Waals surface area (Å²) in [5.74, 6) is -0.115. The monoisotopic (exact) mass is 481 g/mol. The van der Waals surface area contributed by atoms with Gasteiger partial charge in [0.25, 0.3) is 5.91 Å². The first-order valence-corrected chi connectivity index (χ1v) is 11.9. The average molecular weight is 482 g/mol. The molecule has 8 heteroatoms. The highest BCUT2D eigenvalue weighted by Crippen LogP contribution is 2.54. The van der Waals surface area contributed by atoms with Gasteiger partial charge in [-0.05, 0) is 55.0 Å². The van der Waals surface area contributed by atoms with Crippen LogP contribution in [0.25, 0.3) is 0 Å². The zero-order valence-corrected chi connectivity index (χ0v) is 19.4. The van der Waals surface area contributed by atoms with E-state index in [9.17, 15) is 14.0 Å². The second-order valence-corrected chi connectivity index (χ2v) is 9.85. The molecule has 1 unspecified atom stereocenters. The van der Waals surface area contributed by atoms with E-state index >= 15 is 0 Å². The number of aryl methyl sites for hydroxylation is 1. The van der Waals surface area contributed by atoms with Gasteiger partial charge in [0.2, 0.25) is 0 Å². The molecule has 2 heterocycles. The van der Waals surface area contributed by atoms with Gasteiger partial charge in [-0.3, -0.25) is 9.69 Å². The quantitative estimate of drug-likeness (QED) is 0.517. The Morgan fingerprint density at radius 1 is 1.15 bits per heavy atom. The smallest absolute Gasteiger partial charge is 0.308 e. The van der Waals surface area contributed by atoms with E-state index < -0.39 is 16.7 Å². The number of urea groups is 1. The lowest BCUT2D eigenvalue weighted by molar-refractivity contribution is -0.123. The third kappa shape index (κ3) is 3.75. The molecule has 0 saturated carbocycles. The third-order valence-corrected chi connectivity index (χ3v) is 7.59. The van der Waals surface area contributed by atoms with Gasteiger partial charge >= 0.3 is 6.03 Å². The number of nitrogens with zero attached hydrogens (tertiary/aromatic N) is 2. The molecule has 3 aromatic carbocycles. The molecule has 1 fully saturated rings. The van der Waals surface area contributed by atoms with Crippen LogP contribution in [0.4, 0.5) is 20.6 Å². The first-order valence-electron chi connectivity index (χ1n) is 10.5. The topological polar surface area (TPSA) is 52.7 Å². The molecule has 0 aromatic heterocycles. The number of benzene rings is 3. The van der Waals surface area contributed by atoms with Crippen molar-refractivity contribution < 1.29 is 14.0 Å². The number of carbonyl (C=O) groups is 2. The lowest BCUT2D eigenvalue weighted by atomic mass is 10.1. The van der Waals surface area contributed by atoms with Gasteiger partial charge in [0.15, 0.2) is 4.87 Å². The molecule has 1 N–H and O–H groups in total. The fourth-order valence-electron chi connectivity index (χ4n) is 4.46. The highest BCUT2D eigenvalue weighted by Gasteiger charge is 2.59. The zero-order valence-electron chi connectivity index (χ0n) is 17.8. The molecule has 1 saturated heterocycles. The van der Waals surface area contributed by atoms with Gasteiger partial charge in [0, 0.05) is 28.6 Å². The maximum Gasteiger partial charge on any atom is 0.323 e. The summed E-state index contributed by atoms with van der Waals surface area (Å²) in [4.78, 5) is 29.1. The number of anilines is 2. The van der Waals surface area contributed by atoms with Crippen LogP contribution in [0.15, 0.2) is 66.7 Å². The molecular weight excluding hydrogens is 461 g/mol. The van der Waals surface area contributed by atoms with Gasteiger partial charge in [0.1, 0.15) is 5.82 Å². The number of amides is 3. The Balaban J connectivity index is 1.53. The van der Waals surface area contributed by atoms with E-state index in [1.807, 2.05) is 31.2 Å². The van der Waals surface area contributed by atoms with Gasteiger partial charge in [-0.1, -0.05) is 41.4 Å². The molecule has 0 aliphatic carbocycles. The molecule has 5 nitrogen and oxygen atoms in total. The number of carbonyl (C=O) groups excluding carboxylic acids is 2. The van der Waals surface area contributed by atoms with Gasteiger partial charge in [-0.15, -0.1) is 11.8 Å². The second-order valence-electron chi connectivity index (χ2n) is 8.12. The Hall–Kier alpha value is -3.03. The largest absolute Gasteiger partial charge is 0.323 e. The van der Waals surface area contributed by atoms with Crippen molar-refractivity contribution in [2.75, 3.05) is 22.5 Å². The number of halogens is 2. The van der Waals surface area contributed by atoms with Crippen molar-refractivity contribution in [2.24, 2.45) is 0 Å². The molecule has 3 amide bonds. The standard InChI is InChI=1S/C25H21ClFN3O2S/c1-16-3-2-4-17(13-16)15-29-22-10-7-19(27)14-21(22)25(23(29)31)30(11-12-33-25)24(32)28-20-8-5-18(26)6-9-20/h2-10,13-14H,11-12,15H2,1H3,(H,28,32). The Morgan fingerprint density at radius 3 is 2.70 bits per heavy atom. The minimum atomic E-state index is -1.31. The third-order valence-electron chi connectivity index (χ3n) is 5.92. The molecule has 3 aromatic rings. The Bertz CT molecular complexity index is 1250. The van der Waals surface area contributed by atoms with E-state index in [1.165, 1.54) is 28.8 Å². The van der Waals surface area contributed by atoms with Crippen molar-refractivity contribution in [3.8, 4) is 0 Å². The molecule has 1 atom stereocenters. The van der Waals surface area contributed by atoms with E-state index in [1.54, 1.807) is 35.2 Å². The fourth-order valence-corrected chi connectivity index (χ4v) is 6.04. The van der Waals surface area contributed by atoms with Gasteiger partial charge in [-0.2, -0.15) is 0 Å². The summed E-state index contributed by atoms with van der Waals surface area (Å²) in [6.45, 7) is 2.70. The first kappa shape index (κ1) is 21.8. The van der Waals surface area contributed by atoms with Crippen LogP contribution in [0, 0.1) is 12.7 Å². The van der Waals surface area contributed by atoms with E-state index in [0.29, 0.717) is 40.8 Å². The van der Waals surface area contributed by atoms with Crippen molar-refractivity contribution in [3.63, 3.8) is 0 Å². The minimum absolute atomic E-state index is 0.238.